The molecule has 4 aromatic carbocycles. The zero-order valence-electron chi connectivity index (χ0n) is 28.1. The van der Waals surface area contributed by atoms with Crippen molar-refractivity contribution in [3.63, 3.8) is 0 Å². The molecule has 0 amide bonds. The molecular weight excluding hydrogens is 647 g/mol. The number of aromatic nitrogens is 4. The first kappa shape index (κ1) is 34.4. The molecule has 49 heavy (non-hydrogen) atoms. The standard InChI is InChI=1S/C24H29N3OS.C16H14N2OS/c1-29-24-25-19-23(20-9-4-2-5-10-20)27(24)21-11-13-22(14-12-21)28-18-8-17-26-15-6-3-7-16-26;1-20-16-17-11-15(12-5-3-2-4-6-12)18(16)13-7-9-14(19)10-8-13/h2,4-5,9-14,19H,3,6-8,15-18H2,1H3;2-11,19H,1H3. The molecule has 1 aliphatic rings. The van der Waals surface area contributed by atoms with Gasteiger partial charge in [0.05, 0.1) is 30.4 Å². The molecule has 0 radical (unpaired) electrons. The lowest BCUT2D eigenvalue weighted by atomic mass is 10.1. The van der Waals surface area contributed by atoms with Gasteiger partial charge in [0.25, 0.3) is 0 Å². The van der Waals surface area contributed by atoms with Crippen LogP contribution in [0.1, 0.15) is 25.7 Å². The number of rotatable bonds is 11. The molecule has 2 aromatic heterocycles. The third-order valence-corrected chi connectivity index (χ3v) is 9.81. The minimum atomic E-state index is 0.265. The van der Waals surface area contributed by atoms with Crippen LogP contribution in [0.4, 0.5) is 0 Å². The van der Waals surface area contributed by atoms with Gasteiger partial charge in [0, 0.05) is 29.0 Å². The number of benzene rings is 4. The van der Waals surface area contributed by atoms with Crippen molar-refractivity contribution >= 4 is 23.5 Å². The first-order valence-corrected chi connectivity index (χ1v) is 19.2. The van der Waals surface area contributed by atoms with Crippen LogP contribution in [0.5, 0.6) is 11.5 Å². The van der Waals surface area contributed by atoms with Gasteiger partial charge in [-0.2, -0.15) is 0 Å². The lowest BCUT2D eigenvalue weighted by Gasteiger charge is -2.26. The molecule has 7 rings (SSSR count). The lowest BCUT2D eigenvalue weighted by Crippen LogP contribution is -2.31. The van der Waals surface area contributed by atoms with Gasteiger partial charge < -0.3 is 14.7 Å². The zero-order valence-corrected chi connectivity index (χ0v) is 29.7. The minimum absolute atomic E-state index is 0.265. The van der Waals surface area contributed by atoms with Crippen LogP contribution in [0.2, 0.25) is 0 Å². The van der Waals surface area contributed by atoms with Crippen molar-refractivity contribution in [2.75, 3.05) is 38.8 Å². The van der Waals surface area contributed by atoms with Crippen molar-refractivity contribution in [2.45, 2.75) is 36.0 Å². The van der Waals surface area contributed by atoms with Gasteiger partial charge in [0.2, 0.25) is 0 Å². The van der Waals surface area contributed by atoms with Crippen LogP contribution in [0.15, 0.2) is 132 Å². The number of hydrogen-bond donors (Lipinski definition) is 1. The molecule has 0 bridgehead atoms. The quantitative estimate of drug-likeness (QED) is 0.107. The Kier molecular flexibility index (Phi) is 12.1. The van der Waals surface area contributed by atoms with Gasteiger partial charge in [0.1, 0.15) is 11.5 Å². The first-order chi connectivity index (χ1) is 24.1. The van der Waals surface area contributed by atoms with Crippen molar-refractivity contribution in [3.05, 3.63) is 122 Å². The van der Waals surface area contributed by atoms with Crippen molar-refractivity contribution < 1.29 is 9.84 Å². The number of phenols is 1. The van der Waals surface area contributed by atoms with E-state index in [1.165, 1.54) is 37.9 Å². The normalized spacial score (nSPS) is 13.1. The summed E-state index contributed by atoms with van der Waals surface area (Å²) in [4.78, 5) is 11.6. The SMILES string of the molecule is CSc1ncc(-c2ccccc2)n1-c1ccc(O)cc1.CSc1ncc(-c2ccccc2)n1-c1ccc(OCCCN2CCCCC2)cc1. The van der Waals surface area contributed by atoms with Crippen LogP contribution >= 0.6 is 23.5 Å². The second-order valence-electron chi connectivity index (χ2n) is 11.8. The topological polar surface area (TPSA) is 68.3 Å². The average Bonchev–Trinajstić information content (AvgIpc) is 3.80. The first-order valence-electron chi connectivity index (χ1n) is 16.7. The number of piperidine rings is 1. The summed E-state index contributed by atoms with van der Waals surface area (Å²) in [6.07, 6.45) is 13.1. The fraction of sp³-hybridized carbons (Fsp3) is 0.250. The number of imidazole rings is 2. The number of hydrogen-bond acceptors (Lipinski definition) is 7. The number of nitrogens with zero attached hydrogens (tertiary/aromatic N) is 5. The number of likely N-dealkylation sites (tertiary alicyclic amines) is 1. The third-order valence-electron chi connectivity index (χ3n) is 8.50. The maximum Gasteiger partial charge on any atom is 0.172 e. The molecule has 252 valence electrons. The molecule has 0 spiro atoms. The summed E-state index contributed by atoms with van der Waals surface area (Å²) in [6, 6.07) is 36.1. The van der Waals surface area contributed by atoms with Gasteiger partial charge in [-0.05, 0) is 93.4 Å². The predicted molar refractivity (Wildman–Crippen MR) is 204 cm³/mol. The second kappa shape index (κ2) is 17.3. The van der Waals surface area contributed by atoms with Gasteiger partial charge in [-0.25, -0.2) is 9.97 Å². The molecule has 7 nitrogen and oxygen atoms in total. The van der Waals surface area contributed by atoms with E-state index in [1.54, 1.807) is 35.7 Å². The van der Waals surface area contributed by atoms with Gasteiger partial charge in [-0.1, -0.05) is 90.6 Å². The van der Waals surface area contributed by atoms with E-state index >= 15 is 0 Å². The van der Waals surface area contributed by atoms with Crippen molar-refractivity contribution in [1.29, 1.82) is 0 Å². The summed E-state index contributed by atoms with van der Waals surface area (Å²) in [5, 5.41) is 11.3. The van der Waals surface area contributed by atoms with Crippen molar-refractivity contribution in [3.8, 4) is 45.4 Å². The molecular formula is C40H43N5O2S2. The molecule has 1 saturated heterocycles. The highest BCUT2D eigenvalue weighted by Crippen LogP contribution is 2.31. The smallest absolute Gasteiger partial charge is 0.172 e. The highest BCUT2D eigenvalue weighted by atomic mass is 32.2. The monoisotopic (exact) mass is 689 g/mol. The predicted octanol–water partition coefficient (Wildman–Crippen LogP) is 9.48. The molecule has 3 heterocycles. The second-order valence-corrected chi connectivity index (χ2v) is 13.3. The van der Waals surface area contributed by atoms with E-state index in [0.29, 0.717) is 0 Å². The molecule has 1 fully saturated rings. The van der Waals surface area contributed by atoms with Crippen LogP contribution < -0.4 is 4.74 Å². The van der Waals surface area contributed by atoms with Crippen LogP contribution in [0, 0.1) is 0 Å². The Morgan fingerprint density at radius 2 is 1.12 bits per heavy atom. The molecule has 9 heteroatoms. The van der Waals surface area contributed by atoms with Gasteiger partial charge in [0.15, 0.2) is 10.3 Å². The van der Waals surface area contributed by atoms with E-state index in [2.05, 4.69) is 90.9 Å². The van der Waals surface area contributed by atoms with Crippen molar-refractivity contribution in [1.82, 2.24) is 24.0 Å². The van der Waals surface area contributed by atoms with Crippen LogP contribution in [-0.2, 0) is 0 Å². The third kappa shape index (κ3) is 8.78. The molecule has 0 atom stereocenters. The summed E-state index contributed by atoms with van der Waals surface area (Å²) >= 11 is 3.26. The van der Waals surface area contributed by atoms with Gasteiger partial charge in [-0.15, -0.1) is 0 Å². The molecule has 0 saturated carbocycles. The maximum atomic E-state index is 9.44. The molecule has 0 unspecified atom stereocenters. The van der Waals surface area contributed by atoms with E-state index in [-0.39, 0.29) is 5.75 Å². The van der Waals surface area contributed by atoms with E-state index in [9.17, 15) is 5.11 Å². The van der Waals surface area contributed by atoms with Crippen LogP contribution in [-0.4, -0.2) is 67.9 Å². The summed E-state index contributed by atoms with van der Waals surface area (Å²) in [6.45, 7) is 4.42. The van der Waals surface area contributed by atoms with E-state index in [1.807, 2.05) is 55.0 Å². The molecule has 1 N–H and O–H groups in total. The van der Waals surface area contributed by atoms with E-state index in [4.69, 9.17) is 4.74 Å². The Morgan fingerprint density at radius 3 is 1.61 bits per heavy atom. The average molecular weight is 690 g/mol. The Balaban J connectivity index is 0.000000182. The lowest BCUT2D eigenvalue weighted by molar-refractivity contribution is 0.205. The molecule has 0 aliphatic carbocycles. The molecule has 1 aliphatic heterocycles. The summed E-state index contributed by atoms with van der Waals surface area (Å²) in [5.41, 5.74) is 6.52. The Hall–Kier alpha value is -4.44. The summed E-state index contributed by atoms with van der Waals surface area (Å²) in [5.74, 6) is 1.19. The number of phenolic OH excluding ortho intramolecular Hbond substituents is 1. The van der Waals surface area contributed by atoms with Crippen molar-refractivity contribution in [2.24, 2.45) is 0 Å². The van der Waals surface area contributed by atoms with E-state index in [0.717, 1.165) is 64.0 Å². The minimum Gasteiger partial charge on any atom is -0.508 e. The van der Waals surface area contributed by atoms with Crippen LogP contribution in [0.25, 0.3) is 33.9 Å². The number of ether oxygens (including phenoxy) is 1. The fourth-order valence-corrected chi connectivity index (χ4v) is 7.13. The number of aromatic hydroxyl groups is 1. The number of thioether (sulfide) groups is 2. The van der Waals surface area contributed by atoms with E-state index < -0.39 is 0 Å². The zero-order chi connectivity index (χ0) is 33.8. The Bertz CT molecular complexity index is 1870. The Morgan fingerprint density at radius 1 is 0.633 bits per heavy atom. The highest BCUT2D eigenvalue weighted by molar-refractivity contribution is 7.98. The van der Waals surface area contributed by atoms with Gasteiger partial charge >= 0.3 is 0 Å². The largest absolute Gasteiger partial charge is 0.508 e. The van der Waals surface area contributed by atoms with Crippen LogP contribution in [0.3, 0.4) is 0 Å². The highest BCUT2D eigenvalue weighted by Gasteiger charge is 2.14. The maximum absolute atomic E-state index is 9.44. The molecule has 6 aromatic rings. The summed E-state index contributed by atoms with van der Waals surface area (Å²) < 4.78 is 10.3. The summed E-state index contributed by atoms with van der Waals surface area (Å²) in [7, 11) is 0. The Labute approximate surface area is 298 Å². The van der Waals surface area contributed by atoms with Gasteiger partial charge in [-0.3, -0.25) is 9.13 Å². The fourth-order valence-electron chi connectivity index (χ4n) is 6.04.